The molecule has 0 bridgehead atoms. The quantitative estimate of drug-likeness (QED) is 0.458. The first-order valence-electron chi connectivity index (χ1n) is 9.61. The molecule has 1 amide bonds. The summed E-state index contributed by atoms with van der Waals surface area (Å²) < 4.78 is 6.68. The highest BCUT2D eigenvalue weighted by Crippen LogP contribution is 2.25. The van der Waals surface area contributed by atoms with Gasteiger partial charge >= 0.3 is 5.97 Å². The zero-order valence-electron chi connectivity index (χ0n) is 17.5. The lowest BCUT2D eigenvalue weighted by atomic mass is 10.1. The van der Waals surface area contributed by atoms with Crippen LogP contribution in [0.3, 0.4) is 0 Å². The number of ether oxygens (including phenoxy) is 1. The van der Waals surface area contributed by atoms with Crippen molar-refractivity contribution < 1.29 is 14.3 Å². The molecule has 1 aromatic heterocycles. The second-order valence-electron chi connectivity index (χ2n) is 7.01. The van der Waals surface area contributed by atoms with Crippen molar-refractivity contribution in [2.45, 2.75) is 37.7 Å². The van der Waals surface area contributed by atoms with Crippen LogP contribution in [0.4, 0.5) is 0 Å². The predicted molar refractivity (Wildman–Crippen MR) is 118 cm³/mol. The van der Waals surface area contributed by atoms with Gasteiger partial charge in [-0.15, -0.1) is 0 Å². The van der Waals surface area contributed by atoms with Crippen molar-refractivity contribution in [1.82, 2.24) is 14.9 Å². The van der Waals surface area contributed by atoms with Crippen molar-refractivity contribution in [3.8, 4) is 5.69 Å². The monoisotopic (exact) mass is 423 g/mol. The molecule has 1 heterocycles. The average molecular weight is 424 g/mol. The first-order chi connectivity index (χ1) is 14.4. The molecule has 30 heavy (non-hydrogen) atoms. The molecule has 1 atom stereocenters. The van der Waals surface area contributed by atoms with Crippen molar-refractivity contribution in [2.24, 2.45) is 0 Å². The van der Waals surface area contributed by atoms with E-state index in [1.165, 1.54) is 30.0 Å². The standard InChI is InChI=1S/C23H25N3O3S/c1-15-5-10-20(13-16(15)2)26-12-11-24-23(26)30-17(3)21(27)25-14-18-6-8-19(9-7-18)22(28)29-4/h5-13,17H,14H2,1-4H3,(H,25,27). The van der Waals surface area contributed by atoms with Gasteiger partial charge in [-0.25, -0.2) is 9.78 Å². The van der Waals surface area contributed by atoms with Crippen LogP contribution < -0.4 is 5.32 Å². The highest BCUT2D eigenvalue weighted by molar-refractivity contribution is 8.00. The molecule has 0 aliphatic heterocycles. The number of rotatable bonds is 7. The summed E-state index contributed by atoms with van der Waals surface area (Å²) in [5.41, 5.74) is 4.86. The van der Waals surface area contributed by atoms with Gasteiger partial charge in [-0.2, -0.15) is 0 Å². The minimum absolute atomic E-state index is 0.0771. The van der Waals surface area contributed by atoms with Crippen LogP contribution in [0.2, 0.25) is 0 Å². The van der Waals surface area contributed by atoms with E-state index in [1.54, 1.807) is 30.5 Å². The van der Waals surface area contributed by atoms with E-state index in [9.17, 15) is 9.59 Å². The lowest BCUT2D eigenvalue weighted by Gasteiger charge is -2.14. The normalized spacial score (nSPS) is 11.7. The van der Waals surface area contributed by atoms with Crippen LogP contribution >= 0.6 is 11.8 Å². The third-order valence-corrected chi connectivity index (χ3v) is 5.95. The smallest absolute Gasteiger partial charge is 0.337 e. The lowest BCUT2D eigenvalue weighted by molar-refractivity contribution is -0.120. The van der Waals surface area contributed by atoms with Gasteiger partial charge in [0.2, 0.25) is 5.91 Å². The van der Waals surface area contributed by atoms with Gasteiger partial charge in [-0.3, -0.25) is 9.36 Å². The molecule has 156 valence electrons. The number of aromatic nitrogens is 2. The number of carbonyl (C=O) groups excluding carboxylic acids is 2. The topological polar surface area (TPSA) is 73.2 Å². The van der Waals surface area contributed by atoms with Crippen LogP contribution in [0, 0.1) is 13.8 Å². The number of nitrogens with one attached hydrogen (secondary N) is 1. The van der Waals surface area contributed by atoms with E-state index in [-0.39, 0.29) is 17.1 Å². The van der Waals surface area contributed by atoms with E-state index in [2.05, 4.69) is 42.3 Å². The van der Waals surface area contributed by atoms with E-state index in [4.69, 9.17) is 4.74 Å². The van der Waals surface area contributed by atoms with Crippen molar-refractivity contribution in [3.05, 3.63) is 77.1 Å². The van der Waals surface area contributed by atoms with Crippen LogP contribution in [-0.2, 0) is 16.1 Å². The van der Waals surface area contributed by atoms with Gasteiger partial charge in [0.05, 0.1) is 17.9 Å². The van der Waals surface area contributed by atoms with Crippen molar-refractivity contribution in [1.29, 1.82) is 0 Å². The second-order valence-corrected chi connectivity index (χ2v) is 8.32. The number of esters is 1. The molecule has 7 heteroatoms. The second kappa shape index (κ2) is 9.63. The van der Waals surface area contributed by atoms with Crippen molar-refractivity contribution in [2.75, 3.05) is 7.11 Å². The molecular formula is C23H25N3O3S. The molecule has 1 unspecified atom stereocenters. The highest BCUT2D eigenvalue weighted by Gasteiger charge is 2.18. The van der Waals surface area contributed by atoms with E-state index in [0.717, 1.165) is 16.4 Å². The zero-order valence-corrected chi connectivity index (χ0v) is 18.3. The van der Waals surface area contributed by atoms with E-state index in [0.29, 0.717) is 12.1 Å². The average Bonchev–Trinajstić information content (AvgIpc) is 3.21. The third kappa shape index (κ3) is 5.10. The Hall–Kier alpha value is -3.06. The molecule has 1 N–H and O–H groups in total. The lowest BCUT2D eigenvalue weighted by Crippen LogP contribution is -2.30. The molecule has 0 spiro atoms. The summed E-state index contributed by atoms with van der Waals surface area (Å²) in [5, 5.41) is 3.39. The Morgan fingerprint density at radius 3 is 2.53 bits per heavy atom. The molecule has 0 aliphatic carbocycles. The largest absolute Gasteiger partial charge is 0.465 e. The molecule has 0 aliphatic rings. The van der Waals surface area contributed by atoms with Crippen LogP contribution in [0.1, 0.15) is 34.0 Å². The molecule has 0 radical (unpaired) electrons. The number of hydrogen-bond acceptors (Lipinski definition) is 5. The Bertz CT molecular complexity index is 1040. The van der Waals surface area contributed by atoms with E-state index in [1.807, 2.05) is 17.7 Å². The third-order valence-electron chi connectivity index (χ3n) is 4.87. The number of amides is 1. The summed E-state index contributed by atoms with van der Waals surface area (Å²) in [5.74, 6) is -0.457. The predicted octanol–water partition coefficient (Wildman–Crippen LogP) is 4.07. The number of aryl methyl sites for hydroxylation is 2. The number of methoxy groups -OCH3 is 1. The van der Waals surface area contributed by atoms with Crippen LogP contribution in [-0.4, -0.2) is 33.8 Å². The maximum atomic E-state index is 12.6. The number of nitrogens with zero attached hydrogens (tertiary/aromatic N) is 2. The van der Waals surface area contributed by atoms with Crippen LogP contribution in [0.15, 0.2) is 60.0 Å². The summed E-state index contributed by atoms with van der Waals surface area (Å²) >= 11 is 1.41. The molecule has 0 saturated heterocycles. The Kier molecular flexibility index (Phi) is 6.95. The Morgan fingerprint density at radius 1 is 1.13 bits per heavy atom. The number of carbonyl (C=O) groups is 2. The minimum atomic E-state index is -0.380. The number of hydrogen-bond donors (Lipinski definition) is 1. The van der Waals surface area contributed by atoms with Gasteiger partial charge in [-0.05, 0) is 61.7 Å². The first-order valence-corrected chi connectivity index (χ1v) is 10.5. The molecular weight excluding hydrogens is 398 g/mol. The Morgan fingerprint density at radius 2 is 1.87 bits per heavy atom. The number of imidazole rings is 1. The summed E-state index contributed by atoms with van der Waals surface area (Å²) in [4.78, 5) is 28.5. The molecule has 3 rings (SSSR count). The summed E-state index contributed by atoms with van der Waals surface area (Å²) in [6, 6.07) is 13.2. The van der Waals surface area contributed by atoms with Gasteiger partial charge in [0.1, 0.15) is 0 Å². The highest BCUT2D eigenvalue weighted by atomic mass is 32.2. The van der Waals surface area contributed by atoms with Crippen LogP contribution in [0.5, 0.6) is 0 Å². The van der Waals surface area contributed by atoms with Crippen molar-refractivity contribution >= 4 is 23.6 Å². The molecule has 0 fully saturated rings. The van der Waals surface area contributed by atoms with Crippen molar-refractivity contribution in [3.63, 3.8) is 0 Å². The Balaban J connectivity index is 1.60. The summed E-state index contributed by atoms with van der Waals surface area (Å²) in [6.45, 7) is 6.41. The number of benzene rings is 2. The van der Waals surface area contributed by atoms with Gasteiger partial charge in [-0.1, -0.05) is 30.0 Å². The molecule has 2 aromatic carbocycles. The molecule has 6 nitrogen and oxygen atoms in total. The maximum absolute atomic E-state index is 12.6. The van der Waals surface area contributed by atoms with E-state index >= 15 is 0 Å². The fourth-order valence-electron chi connectivity index (χ4n) is 2.87. The van der Waals surface area contributed by atoms with Gasteiger partial charge in [0.25, 0.3) is 0 Å². The fourth-order valence-corrected chi connectivity index (χ4v) is 3.78. The molecule has 3 aromatic rings. The minimum Gasteiger partial charge on any atom is -0.465 e. The van der Waals surface area contributed by atoms with Crippen LogP contribution in [0.25, 0.3) is 5.69 Å². The van der Waals surface area contributed by atoms with Gasteiger partial charge in [0, 0.05) is 24.6 Å². The summed E-state index contributed by atoms with van der Waals surface area (Å²) in [6.07, 6.45) is 3.64. The zero-order chi connectivity index (χ0) is 21.7. The van der Waals surface area contributed by atoms with Gasteiger partial charge < -0.3 is 10.1 Å². The number of thioether (sulfide) groups is 1. The Labute approximate surface area is 180 Å². The summed E-state index contributed by atoms with van der Waals surface area (Å²) in [7, 11) is 1.35. The van der Waals surface area contributed by atoms with Gasteiger partial charge in [0.15, 0.2) is 5.16 Å². The maximum Gasteiger partial charge on any atom is 0.337 e. The molecule has 0 saturated carbocycles. The van der Waals surface area contributed by atoms with E-state index < -0.39 is 0 Å². The fraction of sp³-hybridized carbons (Fsp3) is 0.261. The first kappa shape index (κ1) is 21.6. The SMILES string of the molecule is COC(=O)c1ccc(CNC(=O)C(C)Sc2nccn2-c2ccc(C)c(C)c2)cc1.